The van der Waals surface area contributed by atoms with Gasteiger partial charge in [0.1, 0.15) is 0 Å². The third kappa shape index (κ3) is 4.24. The highest BCUT2D eigenvalue weighted by atomic mass is 32.1. The van der Waals surface area contributed by atoms with Gasteiger partial charge in [-0.15, -0.1) is 11.3 Å². The molecule has 0 aliphatic carbocycles. The number of carbonyl (C=O) groups excluding carboxylic acids is 3. The van der Waals surface area contributed by atoms with Crippen LogP contribution in [0.2, 0.25) is 0 Å². The summed E-state index contributed by atoms with van der Waals surface area (Å²) >= 11 is 1.49. The summed E-state index contributed by atoms with van der Waals surface area (Å²) in [6, 6.07) is 3.74. The summed E-state index contributed by atoms with van der Waals surface area (Å²) in [5.41, 5.74) is 1.57. The number of H-pyrrole nitrogens is 1. The number of hydrogen-bond acceptors (Lipinski definition) is 6. The monoisotopic (exact) mass is 361 g/mol. The average molecular weight is 361 g/mol. The normalized spacial score (nSPS) is 12.2. The van der Waals surface area contributed by atoms with Crippen LogP contribution in [0.1, 0.15) is 43.9 Å². The van der Waals surface area contributed by atoms with Crippen LogP contribution in [0.15, 0.2) is 23.6 Å². The van der Waals surface area contributed by atoms with Crippen molar-refractivity contribution in [3.63, 3.8) is 0 Å². The Kier molecular flexibility index (Phi) is 5.93. The molecule has 0 saturated carbocycles. The van der Waals surface area contributed by atoms with Crippen molar-refractivity contribution in [3.05, 3.63) is 51.0 Å². The number of methoxy groups -OCH3 is 1. The van der Waals surface area contributed by atoms with Crippen molar-refractivity contribution >= 4 is 35.1 Å². The van der Waals surface area contributed by atoms with Crippen LogP contribution in [0.5, 0.6) is 0 Å². The number of aromatic nitrogens is 1. The molecule has 2 aromatic rings. The first kappa shape index (κ1) is 18.7. The minimum absolute atomic E-state index is 0.237. The van der Waals surface area contributed by atoms with Crippen LogP contribution in [0.25, 0.3) is 6.08 Å². The second-order valence-corrected chi connectivity index (χ2v) is 6.39. The smallest absolute Gasteiger partial charge is 0.339 e. The van der Waals surface area contributed by atoms with Crippen molar-refractivity contribution in [1.29, 1.82) is 0 Å². The molecule has 132 valence electrons. The van der Waals surface area contributed by atoms with Crippen LogP contribution in [-0.2, 0) is 14.3 Å². The Morgan fingerprint density at radius 1 is 1.28 bits per heavy atom. The third-order valence-electron chi connectivity index (χ3n) is 3.66. The average Bonchev–Trinajstić information content (AvgIpc) is 3.19. The number of thiophene rings is 1. The molecule has 2 heterocycles. The molecule has 6 nitrogen and oxygen atoms in total. The number of aryl methyl sites for hydroxylation is 1. The van der Waals surface area contributed by atoms with Gasteiger partial charge in [-0.05, 0) is 43.9 Å². The molecule has 2 rings (SSSR count). The molecule has 0 unspecified atom stereocenters. The third-order valence-corrected chi connectivity index (χ3v) is 4.50. The molecule has 0 aromatic carbocycles. The Balaban J connectivity index is 2.10. The maximum absolute atomic E-state index is 12.5. The number of aromatic amines is 1. The molecule has 25 heavy (non-hydrogen) atoms. The van der Waals surface area contributed by atoms with Gasteiger partial charge in [0.25, 0.3) is 0 Å². The van der Waals surface area contributed by atoms with E-state index >= 15 is 0 Å². The lowest BCUT2D eigenvalue weighted by Gasteiger charge is -2.10. The van der Waals surface area contributed by atoms with Gasteiger partial charge in [0, 0.05) is 16.6 Å². The summed E-state index contributed by atoms with van der Waals surface area (Å²) in [5, 5.41) is 1.90. The minimum Gasteiger partial charge on any atom is -0.465 e. The van der Waals surface area contributed by atoms with Gasteiger partial charge in [-0.1, -0.05) is 6.07 Å². The number of nitrogens with one attached hydrogen (secondary N) is 1. The fourth-order valence-corrected chi connectivity index (χ4v) is 3.03. The van der Waals surface area contributed by atoms with Crippen molar-refractivity contribution in [3.8, 4) is 0 Å². The highest BCUT2D eigenvalue weighted by molar-refractivity contribution is 7.10. The molecule has 0 fully saturated rings. The van der Waals surface area contributed by atoms with Gasteiger partial charge in [-0.25, -0.2) is 9.59 Å². The standard InChI is InChI=1S/C18H19NO5S/c1-10-15(18(22)23-4)11(2)19-16(10)17(21)12(3)24-14(20)8-7-13-6-5-9-25-13/h5-9,12,19H,1-4H3/b8-7+/t12-/m1/s1. The highest BCUT2D eigenvalue weighted by Crippen LogP contribution is 2.21. The van der Waals surface area contributed by atoms with Crippen LogP contribution in [-0.4, -0.2) is 35.9 Å². The van der Waals surface area contributed by atoms with Crippen molar-refractivity contribution in [2.45, 2.75) is 26.9 Å². The van der Waals surface area contributed by atoms with Crippen molar-refractivity contribution in [1.82, 2.24) is 4.98 Å². The topological polar surface area (TPSA) is 85.5 Å². The lowest BCUT2D eigenvalue weighted by atomic mass is 10.1. The maximum atomic E-state index is 12.5. The summed E-state index contributed by atoms with van der Waals surface area (Å²) in [6.07, 6.45) is 1.93. The van der Waals surface area contributed by atoms with Gasteiger partial charge < -0.3 is 14.5 Å². The molecule has 0 radical (unpaired) electrons. The largest absolute Gasteiger partial charge is 0.465 e. The first-order chi connectivity index (χ1) is 11.8. The van der Waals surface area contributed by atoms with Crippen LogP contribution in [0.3, 0.4) is 0 Å². The minimum atomic E-state index is -0.984. The predicted molar refractivity (Wildman–Crippen MR) is 94.8 cm³/mol. The molecule has 0 aliphatic rings. The number of hydrogen-bond donors (Lipinski definition) is 1. The molecular weight excluding hydrogens is 342 g/mol. The second-order valence-electron chi connectivity index (χ2n) is 5.41. The molecule has 7 heteroatoms. The van der Waals surface area contributed by atoms with Gasteiger partial charge in [0.15, 0.2) is 6.10 Å². The van der Waals surface area contributed by atoms with Crippen LogP contribution < -0.4 is 0 Å². The fourth-order valence-electron chi connectivity index (χ4n) is 2.41. The van der Waals surface area contributed by atoms with Gasteiger partial charge in [0.2, 0.25) is 5.78 Å². The van der Waals surface area contributed by atoms with E-state index in [2.05, 4.69) is 4.98 Å². The van der Waals surface area contributed by atoms with E-state index in [4.69, 9.17) is 9.47 Å². The second kappa shape index (κ2) is 7.94. The van der Waals surface area contributed by atoms with Gasteiger partial charge in [-0.2, -0.15) is 0 Å². The Bertz CT molecular complexity index is 817. The molecule has 2 aromatic heterocycles. The van der Waals surface area contributed by atoms with E-state index in [1.54, 1.807) is 19.9 Å². The molecule has 0 amide bonds. The Hall–Kier alpha value is -2.67. The molecule has 1 N–H and O–H groups in total. The molecule has 1 atom stereocenters. The molecule has 0 saturated heterocycles. The molecule has 0 spiro atoms. The summed E-state index contributed by atoms with van der Waals surface area (Å²) in [6.45, 7) is 4.82. The zero-order chi connectivity index (χ0) is 18.6. The lowest BCUT2D eigenvalue weighted by molar-refractivity contribution is -0.140. The van der Waals surface area contributed by atoms with E-state index < -0.39 is 23.8 Å². The quantitative estimate of drug-likeness (QED) is 0.485. The van der Waals surface area contributed by atoms with Gasteiger partial charge in [-0.3, -0.25) is 4.79 Å². The Morgan fingerprint density at radius 3 is 2.60 bits per heavy atom. The van der Waals surface area contributed by atoms with Gasteiger partial charge in [0.05, 0.1) is 18.4 Å². The number of rotatable bonds is 6. The van der Waals surface area contributed by atoms with Crippen molar-refractivity contribution in [2.75, 3.05) is 7.11 Å². The van der Waals surface area contributed by atoms with E-state index in [1.807, 2.05) is 17.5 Å². The summed E-state index contributed by atoms with van der Waals surface area (Å²) < 4.78 is 9.87. The SMILES string of the molecule is COC(=O)c1c(C)[nH]c(C(=O)[C@@H](C)OC(=O)/C=C/c2cccs2)c1C. The van der Waals surface area contributed by atoms with Crippen LogP contribution in [0, 0.1) is 13.8 Å². The van der Waals surface area contributed by atoms with E-state index in [-0.39, 0.29) is 5.69 Å². The first-order valence-corrected chi connectivity index (χ1v) is 8.47. The van der Waals surface area contributed by atoms with E-state index in [0.717, 1.165) is 4.88 Å². The van der Waals surface area contributed by atoms with E-state index in [0.29, 0.717) is 16.8 Å². The fraction of sp³-hybridized carbons (Fsp3) is 0.278. The number of carbonyl (C=O) groups is 3. The number of Topliss-reactive ketones (excluding diaryl/α,β-unsaturated/α-hetero) is 1. The van der Waals surface area contributed by atoms with E-state index in [9.17, 15) is 14.4 Å². The lowest BCUT2D eigenvalue weighted by Crippen LogP contribution is -2.24. The highest BCUT2D eigenvalue weighted by Gasteiger charge is 2.26. The first-order valence-electron chi connectivity index (χ1n) is 7.59. The number of ether oxygens (including phenoxy) is 2. The van der Waals surface area contributed by atoms with Crippen LogP contribution in [0.4, 0.5) is 0 Å². The molecule has 0 aliphatic heterocycles. The molecular formula is C18H19NO5S. The summed E-state index contributed by atoms with van der Waals surface area (Å²) in [5.74, 6) is -1.54. The Labute approximate surface area is 149 Å². The Morgan fingerprint density at radius 2 is 2.00 bits per heavy atom. The van der Waals surface area contributed by atoms with Crippen LogP contribution >= 0.6 is 11.3 Å². The number of ketones is 1. The zero-order valence-corrected chi connectivity index (χ0v) is 15.2. The maximum Gasteiger partial charge on any atom is 0.339 e. The van der Waals surface area contributed by atoms with Crippen molar-refractivity contribution in [2.24, 2.45) is 0 Å². The molecule has 0 bridgehead atoms. The van der Waals surface area contributed by atoms with Crippen molar-refractivity contribution < 1.29 is 23.9 Å². The van der Waals surface area contributed by atoms with Gasteiger partial charge >= 0.3 is 11.9 Å². The summed E-state index contributed by atoms with van der Waals surface area (Å²) in [7, 11) is 1.28. The summed E-state index contributed by atoms with van der Waals surface area (Å²) in [4.78, 5) is 40.0. The number of esters is 2. The zero-order valence-electron chi connectivity index (χ0n) is 14.4. The van der Waals surface area contributed by atoms with E-state index in [1.165, 1.54) is 31.4 Å². The predicted octanol–water partition coefficient (Wildman–Crippen LogP) is 3.31.